The maximum Gasteiger partial charge on any atom is 0.319 e. The van der Waals surface area contributed by atoms with Gasteiger partial charge in [-0.1, -0.05) is 0 Å². The van der Waals surface area contributed by atoms with E-state index in [2.05, 4.69) is 4.74 Å². The third-order valence-corrected chi connectivity index (χ3v) is 3.07. The maximum absolute atomic E-state index is 11.2. The molecule has 0 unspecified atom stereocenters. The van der Waals surface area contributed by atoms with Gasteiger partial charge in [-0.05, 0) is 37.2 Å². The third kappa shape index (κ3) is 3.38. The van der Waals surface area contributed by atoms with Crippen molar-refractivity contribution in [2.24, 2.45) is 0 Å². The Bertz CT molecular complexity index is 473. The number of aryl methyl sites for hydroxylation is 1. The number of rotatable bonds is 4. The molecular weight excluding hydrogens is 246 g/mol. The van der Waals surface area contributed by atoms with E-state index in [4.69, 9.17) is 9.47 Å². The first-order chi connectivity index (χ1) is 9.10. The van der Waals surface area contributed by atoms with E-state index in [1.807, 2.05) is 31.0 Å². The lowest BCUT2D eigenvalue weighted by molar-refractivity contribution is -0.141. The highest BCUT2D eigenvalue weighted by Crippen LogP contribution is 2.33. The Balaban J connectivity index is 2.09. The number of esters is 1. The Morgan fingerprint density at radius 3 is 2.58 bits per heavy atom. The molecule has 0 N–H and O–H groups in total. The van der Waals surface area contributed by atoms with Gasteiger partial charge in [-0.2, -0.15) is 0 Å². The molecule has 1 aromatic carbocycles. The van der Waals surface area contributed by atoms with Crippen LogP contribution in [0.2, 0.25) is 0 Å². The van der Waals surface area contributed by atoms with Crippen molar-refractivity contribution in [2.75, 3.05) is 33.9 Å². The first-order valence-electron chi connectivity index (χ1n) is 6.24. The van der Waals surface area contributed by atoms with E-state index in [1.165, 1.54) is 7.11 Å². The molecule has 1 heterocycles. The van der Waals surface area contributed by atoms with Gasteiger partial charge in [-0.15, -0.1) is 0 Å². The first kappa shape index (κ1) is 13.7. The molecule has 5 heteroatoms. The number of fused-ring (bicyclic) bond motifs is 1. The molecule has 19 heavy (non-hydrogen) atoms. The summed E-state index contributed by atoms with van der Waals surface area (Å²) in [5.74, 6) is 1.33. The predicted octanol–water partition coefficient (Wildman–Crippen LogP) is 1.37. The molecule has 0 saturated carbocycles. The summed E-state index contributed by atoms with van der Waals surface area (Å²) in [6.45, 7) is 4.13. The number of carbonyl (C=O) groups is 1. The van der Waals surface area contributed by atoms with Crippen molar-refractivity contribution < 1.29 is 19.0 Å². The van der Waals surface area contributed by atoms with E-state index in [9.17, 15) is 4.79 Å². The fraction of sp³-hybridized carbons (Fsp3) is 0.500. The van der Waals surface area contributed by atoms with E-state index in [-0.39, 0.29) is 12.5 Å². The number of hydrogen-bond donors (Lipinski definition) is 0. The lowest BCUT2D eigenvalue weighted by atomic mass is 10.1. The summed E-state index contributed by atoms with van der Waals surface area (Å²) in [6.07, 6.45) is 0. The van der Waals surface area contributed by atoms with Crippen molar-refractivity contribution in [2.45, 2.75) is 13.5 Å². The van der Waals surface area contributed by atoms with Crippen LogP contribution in [0.3, 0.4) is 0 Å². The second kappa shape index (κ2) is 5.93. The molecule has 1 aromatic rings. The van der Waals surface area contributed by atoms with E-state index in [0.717, 1.165) is 22.6 Å². The molecule has 0 bridgehead atoms. The topological polar surface area (TPSA) is 48.0 Å². The normalized spacial score (nSPS) is 13.5. The van der Waals surface area contributed by atoms with Crippen LogP contribution in [0.25, 0.3) is 0 Å². The number of carbonyl (C=O) groups excluding carboxylic acids is 1. The Hall–Kier alpha value is -1.75. The summed E-state index contributed by atoms with van der Waals surface area (Å²) in [5, 5.41) is 0. The van der Waals surface area contributed by atoms with Crippen molar-refractivity contribution in [3.8, 4) is 11.5 Å². The van der Waals surface area contributed by atoms with Gasteiger partial charge in [0.25, 0.3) is 0 Å². The summed E-state index contributed by atoms with van der Waals surface area (Å²) in [7, 11) is 3.28. The molecule has 2 rings (SSSR count). The predicted molar refractivity (Wildman–Crippen MR) is 70.5 cm³/mol. The molecule has 0 saturated heterocycles. The van der Waals surface area contributed by atoms with Gasteiger partial charge in [0, 0.05) is 6.54 Å². The van der Waals surface area contributed by atoms with Crippen LogP contribution in [0.15, 0.2) is 12.1 Å². The van der Waals surface area contributed by atoms with E-state index in [0.29, 0.717) is 19.8 Å². The van der Waals surface area contributed by atoms with Gasteiger partial charge in [0.05, 0.1) is 13.7 Å². The molecule has 1 aliphatic heterocycles. The number of hydrogen-bond acceptors (Lipinski definition) is 5. The zero-order valence-electron chi connectivity index (χ0n) is 11.6. The quantitative estimate of drug-likeness (QED) is 0.770. The number of likely N-dealkylation sites (N-methyl/N-ethyl adjacent to an activating group) is 1. The summed E-state index contributed by atoms with van der Waals surface area (Å²) in [6, 6.07) is 3.97. The standard InChI is InChI=1S/C14H19NO4/c1-10-6-12-13(19-5-4-18-12)7-11(10)8-15(2)9-14(16)17-3/h6-7H,4-5,8-9H2,1-3H3. The first-order valence-corrected chi connectivity index (χ1v) is 6.24. The fourth-order valence-electron chi connectivity index (χ4n) is 2.03. The van der Waals surface area contributed by atoms with Crippen LogP contribution in [0.4, 0.5) is 0 Å². The van der Waals surface area contributed by atoms with Gasteiger partial charge < -0.3 is 14.2 Å². The zero-order valence-corrected chi connectivity index (χ0v) is 11.6. The van der Waals surface area contributed by atoms with Crippen LogP contribution in [-0.2, 0) is 16.1 Å². The molecule has 0 amide bonds. The van der Waals surface area contributed by atoms with Crippen LogP contribution < -0.4 is 9.47 Å². The Labute approximate surface area is 113 Å². The summed E-state index contributed by atoms with van der Waals surface area (Å²) >= 11 is 0. The Morgan fingerprint density at radius 1 is 1.32 bits per heavy atom. The molecule has 0 atom stereocenters. The van der Waals surface area contributed by atoms with Crippen molar-refractivity contribution in [1.29, 1.82) is 0 Å². The minimum Gasteiger partial charge on any atom is -0.486 e. The van der Waals surface area contributed by atoms with Gasteiger partial charge >= 0.3 is 5.97 Å². The fourth-order valence-corrected chi connectivity index (χ4v) is 2.03. The molecule has 0 spiro atoms. The average molecular weight is 265 g/mol. The highest BCUT2D eigenvalue weighted by molar-refractivity contribution is 5.71. The molecule has 5 nitrogen and oxygen atoms in total. The van der Waals surface area contributed by atoms with Crippen LogP contribution in [0.1, 0.15) is 11.1 Å². The summed E-state index contributed by atoms with van der Waals surface area (Å²) in [5.41, 5.74) is 2.25. The monoisotopic (exact) mass is 265 g/mol. The number of methoxy groups -OCH3 is 1. The number of nitrogens with zero attached hydrogens (tertiary/aromatic N) is 1. The van der Waals surface area contributed by atoms with E-state index in [1.54, 1.807) is 0 Å². The molecular formula is C14H19NO4. The highest BCUT2D eigenvalue weighted by atomic mass is 16.6. The minimum absolute atomic E-state index is 0.238. The Morgan fingerprint density at radius 2 is 1.95 bits per heavy atom. The van der Waals surface area contributed by atoms with Crippen molar-refractivity contribution >= 4 is 5.97 Å². The van der Waals surface area contributed by atoms with Crippen LogP contribution >= 0.6 is 0 Å². The molecule has 1 aliphatic rings. The largest absolute Gasteiger partial charge is 0.486 e. The smallest absolute Gasteiger partial charge is 0.319 e. The van der Waals surface area contributed by atoms with Gasteiger partial charge in [0.2, 0.25) is 0 Å². The van der Waals surface area contributed by atoms with E-state index < -0.39 is 0 Å². The lowest BCUT2D eigenvalue weighted by Crippen LogP contribution is -2.26. The number of benzene rings is 1. The second-order valence-electron chi connectivity index (χ2n) is 4.67. The van der Waals surface area contributed by atoms with Crippen LogP contribution in [0.5, 0.6) is 11.5 Å². The number of ether oxygens (including phenoxy) is 3. The van der Waals surface area contributed by atoms with Crippen molar-refractivity contribution in [3.63, 3.8) is 0 Å². The van der Waals surface area contributed by atoms with Gasteiger partial charge in [0.1, 0.15) is 13.2 Å². The van der Waals surface area contributed by atoms with Gasteiger partial charge in [-0.3, -0.25) is 9.69 Å². The highest BCUT2D eigenvalue weighted by Gasteiger charge is 2.15. The van der Waals surface area contributed by atoms with E-state index >= 15 is 0 Å². The van der Waals surface area contributed by atoms with Crippen LogP contribution in [-0.4, -0.2) is 44.8 Å². The summed E-state index contributed by atoms with van der Waals surface area (Å²) < 4.78 is 15.8. The molecule has 0 radical (unpaired) electrons. The van der Waals surface area contributed by atoms with Crippen molar-refractivity contribution in [3.05, 3.63) is 23.3 Å². The van der Waals surface area contributed by atoms with Gasteiger partial charge in [0.15, 0.2) is 11.5 Å². The molecule has 104 valence electrons. The molecule has 0 fully saturated rings. The molecule has 0 aliphatic carbocycles. The average Bonchev–Trinajstić information content (AvgIpc) is 2.39. The lowest BCUT2D eigenvalue weighted by Gasteiger charge is -2.22. The van der Waals surface area contributed by atoms with Gasteiger partial charge in [-0.25, -0.2) is 0 Å². The SMILES string of the molecule is COC(=O)CN(C)Cc1cc2c(cc1C)OCCO2. The maximum atomic E-state index is 11.2. The minimum atomic E-state index is -0.238. The van der Waals surface area contributed by atoms with Crippen molar-refractivity contribution in [1.82, 2.24) is 4.90 Å². The second-order valence-corrected chi connectivity index (χ2v) is 4.67. The summed E-state index contributed by atoms with van der Waals surface area (Å²) in [4.78, 5) is 13.1. The third-order valence-electron chi connectivity index (χ3n) is 3.07. The zero-order chi connectivity index (χ0) is 13.8. The Kier molecular flexibility index (Phi) is 4.27. The van der Waals surface area contributed by atoms with Crippen LogP contribution in [0, 0.1) is 6.92 Å². The molecule has 0 aromatic heterocycles.